The zero-order valence-electron chi connectivity index (χ0n) is 12.1. The van der Waals surface area contributed by atoms with Crippen LogP contribution in [0.2, 0.25) is 5.02 Å². The smallest absolute Gasteiger partial charge is 0.224 e. The molecule has 2 fully saturated rings. The Morgan fingerprint density at radius 2 is 2.10 bits per heavy atom. The van der Waals surface area contributed by atoms with E-state index < -0.39 is 0 Å². The molecule has 2 aliphatic rings. The molecule has 1 N–H and O–H groups in total. The van der Waals surface area contributed by atoms with Crippen molar-refractivity contribution in [1.29, 1.82) is 0 Å². The van der Waals surface area contributed by atoms with Crippen molar-refractivity contribution < 1.29 is 4.79 Å². The number of carbonyl (C=O) groups is 1. The van der Waals surface area contributed by atoms with Gasteiger partial charge in [0.2, 0.25) is 5.91 Å². The van der Waals surface area contributed by atoms with Gasteiger partial charge in [-0.1, -0.05) is 29.8 Å². The molecule has 21 heavy (non-hydrogen) atoms. The lowest BCUT2D eigenvalue weighted by atomic mass is 10.0. The maximum atomic E-state index is 12.5. The van der Waals surface area contributed by atoms with E-state index in [4.69, 9.17) is 11.6 Å². The lowest BCUT2D eigenvalue weighted by Gasteiger charge is -2.27. The van der Waals surface area contributed by atoms with Gasteiger partial charge < -0.3 is 10.2 Å². The first-order chi connectivity index (χ1) is 9.75. The predicted octanol–water partition coefficient (Wildman–Crippen LogP) is 3.57. The Morgan fingerprint density at radius 1 is 1.29 bits per heavy atom. The Hall–Kier alpha value is -0.770. The number of hydrogen-bond acceptors (Lipinski definition) is 2. The van der Waals surface area contributed by atoms with Crippen molar-refractivity contribution >= 4 is 29.9 Å². The molecule has 0 bridgehead atoms. The van der Waals surface area contributed by atoms with Gasteiger partial charge in [-0.15, -0.1) is 12.4 Å². The van der Waals surface area contributed by atoms with Crippen LogP contribution in [0.25, 0.3) is 0 Å². The highest BCUT2D eigenvalue weighted by Gasteiger charge is 2.32. The lowest BCUT2D eigenvalue weighted by Crippen LogP contribution is -2.35. The minimum absolute atomic E-state index is 0. The summed E-state index contributed by atoms with van der Waals surface area (Å²) in [7, 11) is 0. The minimum Gasteiger partial charge on any atom is -0.336 e. The molecule has 1 aromatic carbocycles. The highest BCUT2D eigenvalue weighted by Crippen LogP contribution is 2.36. The van der Waals surface area contributed by atoms with Crippen LogP contribution in [0.5, 0.6) is 0 Å². The quantitative estimate of drug-likeness (QED) is 0.919. The van der Waals surface area contributed by atoms with Crippen LogP contribution in [-0.4, -0.2) is 29.9 Å². The number of benzene rings is 1. The van der Waals surface area contributed by atoms with Crippen LogP contribution in [-0.2, 0) is 4.79 Å². The fourth-order valence-corrected chi connectivity index (χ4v) is 3.65. The SMILES string of the molecule is Cl.O=C(CC1CCCN1)N1CCCC1c1ccccc1Cl. The van der Waals surface area contributed by atoms with E-state index in [2.05, 4.69) is 5.32 Å². The normalized spacial score (nSPS) is 24.9. The Morgan fingerprint density at radius 3 is 2.81 bits per heavy atom. The van der Waals surface area contributed by atoms with E-state index in [0.717, 1.165) is 42.9 Å². The molecule has 0 radical (unpaired) electrons. The van der Waals surface area contributed by atoms with Gasteiger partial charge >= 0.3 is 0 Å². The molecule has 2 unspecified atom stereocenters. The van der Waals surface area contributed by atoms with Crippen molar-refractivity contribution in [1.82, 2.24) is 10.2 Å². The number of carbonyl (C=O) groups excluding carboxylic acids is 1. The highest BCUT2D eigenvalue weighted by molar-refractivity contribution is 6.31. The fraction of sp³-hybridized carbons (Fsp3) is 0.562. The second kappa shape index (κ2) is 7.48. The van der Waals surface area contributed by atoms with Gasteiger partial charge in [-0.25, -0.2) is 0 Å². The molecule has 2 aliphatic heterocycles. The largest absolute Gasteiger partial charge is 0.336 e. The van der Waals surface area contributed by atoms with E-state index >= 15 is 0 Å². The zero-order chi connectivity index (χ0) is 13.9. The van der Waals surface area contributed by atoms with Gasteiger partial charge in [0.25, 0.3) is 0 Å². The Bertz CT molecular complexity index is 489. The second-order valence-corrected chi connectivity index (χ2v) is 6.17. The summed E-state index contributed by atoms with van der Waals surface area (Å²) in [6, 6.07) is 8.44. The van der Waals surface area contributed by atoms with Crippen molar-refractivity contribution in [2.45, 2.75) is 44.2 Å². The van der Waals surface area contributed by atoms with E-state index in [0.29, 0.717) is 12.5 Å². The molecule has 0 aliphatic carbocycles. The van der Waals surface area contributed by atoms with Gasteiger partial charge in [-0.2, -0.15) is 0 Å². The highest BCUT2D eigenvalue weighted by atomic mass is 35.5. The molecule has 2 heterocycles. The number of halogens is 2. The average Bonchev–Trinajstić information content (AvgIpc) is 3.09. The third-order valence-corrected chi connectivity index (χ3v) is 4.76. The summed E-state index contributed by atoms with van der Waals surface area (Å²) in [5.41, 5.74) is 1.10. The van der Waals surface area contributed by atoms with Crippen LogP contribution in [0.15, 0.2) is 24.3 Å². The Labute approximate surface area is 137 Å². The third-order valence-electron chi connectivity index (χ3n) is 4.42. The molecule has 0 spiro atoms. The van der Waals surface area contributed by atoms with E-state index in [1.807, 2.05) is 29.2 Å². The number of hydrogen-bond donors (Lipinski definition) is 1. The average molecular weight is 329 g/mol. The van der Waals surface area contributed by atoms with Gasteiger partial charge in [-0.05, 0) is 43.9 Å². The lowest BCUT2D eigenvalue weighted by molar-refractivity contribution is -0.132. The number of amides is 1. The number of likely N-dealkylation sites (tertiary alicyclic amines) is 1. The summed E-state index contributed by atoms with van der Waals surface area (Å²) in [5.74, 6) is 0.270. The van der Waals surface area contributed by atoms with Gasteiger partial charge in [-0.3, -0.25) is 4.79 Å². The van der Waals surface area contributed by atoms with Gasteiger partial charge in [0.15, 0.2) is 0 Å². The van der Waals surface area contributed by atoms with Gasteiger partial charge in [0.05, 0.1) is 6.04 Å². The Balaban J connectivity index is 0.00000161. The summed E-state index contributed by atoms with van der Waals surface area (Å²) in [6.07, 6.45) is 5.02. The molecule has 5 heteroatoms. The fourth-order valence-electron chi connectivity index (χ4n) is 3.39. The summed E-state index contributed by atoms with van der Waals surface area (Å²) in [5, 5.41) is 4.18. The molecule has 3 rings (SSSR count). The maximum Gasteiger partial charge on any atom is 0.224 e. The van der Waals surface area contributed by atoms with Crippen LogP contribution in [0.4, 0.5) is 0 Å². The molecular weight excluding hydrogens is 307 g/mol. The Kier molecular flexibility index (Phi) is 5.91. The first-order valence-corrected chi connectivity index (χ1v) is 7.91. The molecule has 1 aromatic rings. The number of nitrogens with one attached hydrogen (secondary N) is 1. The molecular formula is C16H22Cl2N2O. The topological polar surface area (TPSA) is 32.3 Å². The molecule has 3 nitrogen and oxygen atoms in total. The molecule has 1 amide bonds. The predicted molar refractivity (Wildman–Crippen MR) is 88.0 cm³/mol. The maximum absolute atomic E-state index is 12.5. The van der Waals surface area contributed by atoms with E-state index in [1.165, 1.54) is 6.42 Å². The standard InChI is InChI=1S/C16H21ClN2O.ClH/c17-14-7-2-1-6-13(14)15-8-4-10-19(15)16(20)11-12-5-3-9-18-12;/h1-2,6-7,12,15,18H,3-5,8-11H2;1H. The van der Waals surface area contributed by atoms with E-state index in [-0.39, 0.29) is 24.4 Å². The van der Waals surface area contributed by atoms with Gasteiger partial charge in [0, 0.05) is 24.0 Å². The molecule has 2 saturated heterocycles. The molecule has 2 atom stereocenters. The van der Waals surface area contributed by atoms with Crippen molar-refractivity contribution in [3.05, 3.63) is 34.9 Å². The van der Waals surface area contributed by atoms with Crippen molar-refractivity contribution in [3.63, 3.8) is 0 Å². The first kappa shape index (κ1) is 16.6. The third kappa shape index (κ3) is 3.71. The molecule has 116 valence electrons. The first-order valence-electron chi connectivity index (χ1n) is 7.53. The van der Waals surface area contributed by atoms with E-state index in [9.17, 15) is 4.79 Å². The number of rotatable bonds is 3. The summed E-state index contributed by atoms with van der Waals surface area (Å²) in [6.45, 7) is 1.91. The monoisotopic (exact) mass is 328 g/mol. The van der Waals surface area contributed by atoms with E-state index in [1.54, 1.807) is 0 Å². The molecule has 0 aromatic heterocycles. The minimum atomic E-state index is 0. The van der Waals surface area contributed by atoms with Crippen LogP contribution in [0.3, 0.4) is 0 Å². The molecule has 0 saturated carbocycles. The summed E-state index contributed by atoms with van der Waals surface area (Å²) < 4.78 is 0. The zero-order valence-corrected chi connectivity index (χ0v) is 13.6. The van der Waals surface area contributed by atoms with Crippen LogP contribution in [0.1, 0.15) is 43.7 Å². The van der Waals surface area contributed by atoms with Crippen LogP contribution in [0, 0.1) is 0 Å². The van der Waals surface area contributed by atoms with Crippen LogP contribution < -0.4 is 5.32 Å². The van der Waals surface area contributed by atoms with Crippen molar-refractivity contribution in [2.75, 3.05) is 13.1 Å². The summed E-state index contributed by atoms with van der Waals surface area (Å²) in [4.78, 5) is 14.6. The van der Waals surface area contributed by atoms with Crippen molar-refractivity contribution in [3.8, 4) is 0 Å². The van der Waals surface area contributed by atoms with Crippen molar-refractivity contribution in [2.24, 2.45) is 0 Å². The number of nitrogens with zero attached hydrogens (tertiary/aromatic N) is 1. The second-order valence-electron chi connectivity index (χ2n) is 5.76. The van der Waals surface area contributed by atoms with Crippen LogP contribution >= 0.6 is 24.0 Å². The van der Waals surface area contributed by atoms with Gasteiger partial charge in [0.1, 0.15) is 0 Å². The summed E-state index contributed by atoms with van der Waals surface area (Å²) >= 11 is 6.29.